The number of aromatic nitrogens is 6. The number of nitrogens with zero attached hydrogens (tertiary/aromatic N) is 4. The van der Waals surface area contributed by atoms with Crippen molar-refractivity contribution in [1.82, 2.24) is 29.9 Å². The predicted molar refractivity (Wildman–Crippen MR) is 210 cm³/mol. The molecule has 4 heterocycles. The molecule has 0 spiro atoms. The molecule has 0 amide bonds. The first-order valence-corrected chi connectivity index (χ1v) is 15.6. The summed E-state index contributed by atoms with van der Waals surface area (Å²) in [6, 6.07) is 23.0. The van der Waals surface area contributed by atoms with Gasteiger partial charge < -0.3 is 26.1 Å². The zero-order valence-corrected chi connectivity index (χ0v) is 30.4. The average Bonchev–Trinajstić information content (AvgIpc) is 3.71. The van der Waals surface area contributed by atoms with Gasteiger partial charge in [0.15, 0.2) is 0 Å². The van der Waals surface area contributed by atoms with Gasteiger partial charge in [-0.3, -0.25) is 0 Å². The number of pyridine rings is 2. The first-order chi connectivity index (χ1) is 22.2. The zero-order chi connectivity index (χ0) is 31.9. The van der Waals surface area contributed by atoms with E-state index >= 15 is 0 Å². The van der Waals surface area contributed by atoms with Crippen molar-refractivity contribution in [3.8, 4) is 0 Å². The lowest BCUT2D eigenvalue weighted by Gasteiger charge is -2.12. The van der Waals surface area contributed by atoms with Crippen molar-refractivity contribution in [2.24, 2.45) is 0 Å². The summed E-state index contributed by atoms with van der Waals surface area (Å²) >= 11 is 24.2. The number of aryl methyl sites for hydroxylation is 2. The highest BCUT2D eigenvalue weighted by molar-refractivity contribution is 6.42. The molecule has 8 aromatic rings. The summed E-state index contributed by atoms with van der Waals surface area (Å²) in [5, 5.41) is 10.9. The minimum absolute atomic E-state index is 0. The highest BCUT2D eigenvalue weighted by Crippen LogP contribution is 2.35. The fraction of sp³-hybridized carbons (Fsp3) is 0.0588. The highest BCUT2D eigenvalue weighted by atomic mass is 35.5. The van der Waals surface area contributed by atoms with Crippen LogP contribution in [-0.4, -0.2) is 35.4 Å². The number of rotatable bonds is 4. The molecule has 0 radical (unpaired) electrons. The Morgan fingerprint density at radius 3 is 1.31 bits per heavy atom. The number of aromatic amines is 2. The lowest BCUT2D eigenvalue weighted by molar-refractivity contribution is 0.824. The van der Waals surface area contributed by atoms with E-state index in [4.69, 9.17) is 46.4 Å². The summed E-state index contributed by atoms with van der Waals surface area (Å²) in [7, 11) is 0. The Hall–Kier alpha value is -4.06. The van der Waals surface area contributed by atoms with E-state index < -0.39 is 0 Å². The molecular weight excluding hydrogens is 749 g/mol. The van der Waals surface area contributed by atoms with Crippen LogP contribution >= 0.6 is 71.2 Å². The molecule has 4 aromatic heterocycles. The van der Waals surface area contributed by atoms with Crippen LogP contribution in [0.4, 0.5) is 22.7 Å². The van der Waals surface area contributed by atoms with Crippen LogP contribution in [0.25, 0.3) is 43.9 Å². The van der Waals surface area contributed by atoms with E-state index in [0.717, 1.165) is 78.0 Å². The molecule has 15 heteroatoms. The molecule has 6 N–H and O–H groups in total. The Balaban J connectivity index is 0.000000208. The minimum Gasteiger partial charge on any atom is -0.412 e. The quantitative estimate of drug-likeness (QED) is 0.140. The molecule has 0 saturated heterocycles. The SMILES string of the molecule is Cc1cc(Nc2ccc(Cl)c(Cl)c2)c2c(ccc3ncnc32)[nH]1.Cc1cc(Nc2ccc(Cl)c(Cl)c2)c2c(ccc3ncnc32)[nH]1.Cl.Cl.O. The van der Waals surface area contributed by atoms with Crippen LogP contribution < -0.4 is 10.6 Å². The number of hydrogen-bond acceptors (Lipinski definition) is 6. The Bertz CT molecular complexity index is 2260. The summed E-state index contributed by atoms with van der Waals surface area (Å²) in [5.74, 6) is 0. The fourth-order valence-electron chi connectivity index (χ4n) is 5.41. The number of fused-ring (bicyclic) bond motifs is 6. The maximum atomic E-state index is 6.11. The zero-order valence-electron chi connectivity index (χ0n) is 25.7. The number of H-pyrrole nitrogens is 2. The second-order valence-corrected chi connectivity index (χ2v) is 12.3. The molecule has 0 aliphatic rings. The van der Waals surface area contributed by atoms with Gasteiger partial charge in [0.2, 0.25) is 0 Å². The largest absolute Gasteiger partial charge is 0.412 e. The maximum absolute atomic E-state index is 6.11. The van der Waals surface area contributed by atoms with Crippen molar-refractivity contribution in [3.63, 3.8) is 0 Å². The fourth-order valence-corrected chi connectivity index (χ4v) is 6.01. The first-order valence-electron chi connectivity index (χ1n) is 14.1. The Morgan fingerprint density at radius 1 is 0.510 bits per heavy atom. The van der Waals surface area contributed by atoms with Crippen molar-refractivity contribution in [2.45, 2.75) is 13.8 Å². The van der Waals surface area contributed by atoms with Crippen LogP contribution in [0, 0.1) is 13.8 Å². The van der Waals surface area contributed by atoms with Crippen molar-refractivity contribution < 1.29 is 5.48 Å². The number of hydrogen-bond donors (Lipinski definition) is 4. The third kappa shape index (κ3) is 7.74. The van der Waals surface area contributed by atoms with Gasteiger partial charge in [0, 0.05) is 44.6 Å². The van der Waals surface area contributed by atoms with E-state index in [-0.39, 0.29) is 30.3 Å². The number of benzene rings is 4. The Kier molecular flexibility index (Phi) is 12.1. The molecule has 0 bridgehead atoms. The van der Waals surface area contributed by atoms with Crippen molar-refractivity contribution >= 4 is 138 Å². The van der Waals surface area contributed by atoms with Crippen LogP contribution in [0.2, 0.25) is 20.1 Å². The van der Waals surface area contributed by atoms with E-state index in [2.05, 4.69) is 40.5 Å². The topological polar surface area (TPSA) is 139 Å². The van der Waals surface area contributed by atoms with E-state index in [1.165, 1.54) is 0 Å². The Labute approximate surface area is 312 Å². The number of nitrogens with one attached hydrogen (secondary N) is 4. The van der Waals surface area contributed by atoms with Gasteiger partial charge in [0.1, 0.15) is 23.7 Å². The number of imidazole rings is 2. The van der Waals surface area contributed by atoms with Gasteiger partial charge in [-0.05, 0) is 86.6 Å². The van der Waals surface area contributed by atoms with Crippen LogP contribution in [0.5, 0.6) is 0 Å². The number of anilines is 4. The van der Waals surface area contributed by atoms with Crippen LogP contribution in [0.3, 0.4) is 0 Å². The summed E-state index contributed by atoms with van der Waals surface area (Å²) in [4.78, 5) is 24.1. The molecule has 9 nitrogen and oxygen atoms in total. The Morgan fingerprint density at radius 2 is 0.918 bits per heavy atom. The first kappa shape index (κ1) is 37.8. The lowest BCUT2D eigenvalue weighted by atomic mass is 10.1. The second kappa shape index (κ2) is 15.7. The highest BCUT2D eigenvalue weighted by Gasteiger charge is 2.12. The molecule has 0 unspecified atom stereocenters. The maximum Gasteiger partial charge on any atom is 0.116 e. The summed E-state index contributed by atoms with van der Waals surface area (Å²) in [6.07, 6.45) is 3.15. The van der Waals surface area contributed by atoms with Crippen LogP contribution in [-0.2, 0) is 0 Å². The monoisotopic (exact) mass is 774 g/mol. The summed E-state index contributed by atoms with van der Waals surface area (Å²) < 4.78 is 0. The van der Waals surface area contributed by atoms with E-state index in [0.29, 0.717) is 20.1 Å². The van der Waals surface area contributed by atoms with Crippen molar-refractivity contribution in [1.29, 1.82) is 0 Å². The third-order valence-corrected chi connectivity index (χ3v) is 8.88. The third-order valence-electron chi connectivity index (χ3n) is 7.40. The van der Waals surface area contributed by atoms with Gasteiger partial charge in [-0.15, -0.1) is 24.8 Å². The smallest absolute Gasteiger partial charge is 0.116 e. The predicted octanol–water partition coefficient (Wildman–Crippen LogP) is 11.0. The minimum atomic E-state index is 0. The molecule has 0 atom stereocenters. The van der Waals surface area contributed by atoms with Gasteiger partial charge in [0.25, 0.3) is 0 Å². The normalized spacial score (nSPS) is 10.6. The van der Waals surface area contributed by atoms with E-state index in [1.54, 1.807) is 36.9 Å². The molecule has 8 rings (SSSR count). The molecule has 0 aliphatic carbocycles. The molecule has 4 aromatic carbocycles. The van der Waals surface area contributed by atoms with Gasteiger partial charge >= 0.3 is 0 Å². The number of halogens is 6. The summed E-state index contributed by atoms with van der Waals surface area (Å²) in [6.45, 7) is 4.03. The van der Waals surface area contributed by atoms with Gasteiger partial charge in [0.05, 0.1) is 42.5 Å². The van der Waals surface area contributed by atoms with Gasteiger partial charge in [-0.2, -0.15) is 0 Å². The molecule has 0 fully saturated rings. The standard InChI is InChI=1S/2C17H12Cl2N4.2ClH.H2O/c2*1-9-6-15(23-10-2-3-11(18)12(19)7-10)16-13(22-9)4-5-14-17(16)21-8-20-14;;;/h2*2-8,22-23H,1H3;2*1H;1H2. The summed E-state index contributed by atoms with van der Waals surface area (Å²) in [5.41, 5.74) is 11.2. The molecule has 252 valence electrons. The van der Waals surface area contributed by atoms with Crippen LogP contribution in [0.1, 0.15) is 11.4 Å². The molecular formula is C34H28Cl6N8O. The molecule has 0 aliphatic heterocycles. The van der Waals surface area contributed by atoms with Crippen molar-refractivity contribution in [2.75, 3.05) is 10.6 Å². The van der Waals surface area contributed by atoms with Gasteiger partial charge in [-0.25, -0.2) is 19.9 Å². The van der Waals surface area contributed by atoms with Crippen LogP contribution in [0.15, 0.2) is 85.5 Å². The average molecular weight is 777 g/mol. The molecule has 49 heavy (non-hydrogen) atoms. The van der Waals surface area contributed by atoms with Crippen molar-refractivity contribution in [3.05, 3.63) is 117 Å². The van der Waals surface area contributed by atoms with E-state index in [1.807, 2.05) is 62.4 Å². The van der Waals surface area contributed by atoms with Gasteiger partial charge in [-0.1, -0.05) is 46.4 Å². The molecule has 0 saturated carbocycles. The second-order valence-electron chi connectivity index (χ2n) is 10.7. The van der Waals surface area contributed by atoms with E-state index in [9.17, 15) is 0 Å². The lowest BCUT2D eigenvalue weighted by Crippen LogP contribution is -1.95.